The minimum atomic E-state index is -1.38. The Kier molecular flexibility index (Phi) is 15.8. The van der Waals surface area contributed by atoms with E-state index in [0.29, 0.717) is 6.42 Å². The van der Waals surface area contributed by atoms with Crippen molar-refractivity contribution in [1.29, 1.82) is 0 Å². The zero-order valence-electron chi connectivity index (χ0n) is 15.9. The van der Waals surface area contributed by atoms with Crippen LogP contribution in [-0.2, 0) is 23.9 Å². The number of carboxylic acid groups (broad SMARTS) is 2. The Bertz CT molecular complexity index is 395. The van der Waals surface area contributed by atoms with E-state index >= 15 is 0 Å². The fourth-order valence-electron chi connectivity index (χ4n) is 2.57. The van der Waals surface area contributed by atoms with Crippen molar-refractivity contribution in [2.75, 3.05) is 13.2 Å². The summed E-state index contributed by atoms with van der Waals surface area (Å²) in [6, 6.07) is 0. The summed E-state index contributed by atoms with van der Waals surface area (Å²) in [6.45, 7) is 1.68. The molecule has 0 saturated carbocycles. The number of hydrogen-bond acceptors (Lipinski definition) is 5. The predicted molar refractivity (Wildman–Crippen MR) is 97.0 cm³/mol. The van der Waals surface area contributed by atoms with Crippen molar-refractivity contribution in [3.8, 4) is 0 Å². The van der Waals surface area contributed by atoms with Crippen molar-refractivity contribution < 1.29 is 34.1 Å². The molecule has 7 heteroatoms. The molecule has 0 heterocycles. The van der Waals surface area contributed by atoms with Gasteiger partial charge in [0.05, 0.1) is 13.0 Å². The highest BCUT2D eigenvalue weighted by atomic mass is 16.6. The molecule has 2 N–H and O–H groups in total. The van der Waals surface area contributed by atoms with Crippen molar-refractivity contribution in [2.24, 2.45) is 0 Å². The molecule has 0 fully saturated rings. The summed E-state index contributed by atoms with van der Waals surface area (Å²) in [5.74, 6) is -3.33. The van der Waals surface area contributed by atoms with Gasteiger partial charge < -0.3 is 19.7 Å². The van der Waals surface area contributed by atoms with Gasteiger partial charge >= 0.3 is 17.9 Å². The summed E-state index contributed by atoms with van der Waals surface area (Å²) < 4.78 is 9.78. The Morgan fingerprint density at radius 3 is 1.73 bits per heavy atom. The van der Waals surface area contributed by atoms with Crippen LogP contribution in [0.4, 0.5) is 0 Å². The summed E-state index contributed by atoms with van der Waals surface area (Å²) in [6.07, 6.45) is 11.0. The molecule has 1 atom stereocenters. The molecule has 0 aliphatic carbocycles. The maximum atomic E-state index is 11.8. The zero-order valence-corrected chi connectivity index (χ0v) is 15.9. The van der Waals surface area contributed by atoms with Crippen LogP contribution in [0.2, 0.25) is 0 Å². The van der Waals surface area contributed by atoms with Gasteiger partial charge in [0.2, 0.25) is 0 Å². The van der Waals surface area contributed by atoms with Crippen molar-refractivity contribution in [3.63, 3.8) is 0 Å². The van der Waals surface area contributed by atoms with Crippen molar-refractivity contribution in [1.82, 2.24) is 0 Å². The minimum absolute atomic E-state index is 0.197. The molecular formula is C19H34O7. The molecule has 0 aromatic heterocycles. The smallest absolute Gasteiger partial charge is 0.335 e. The average Bonchev–Trinajstić information content (AvgIpc) is 2.58. The second-order valence-electron chi connectivity index (χ2n) is 6.49. The molecule has 0 saturated heterocycles. The Balaban J connectivity index is 3.66. The minimum Gasteiger partial charge on any atom is -0.481 e. The number of esters is 1. The number of carbonyl (C=O) groups excluding carboxylic acids is 1. The van der Waals surface area contributed by atoms with E-state index in [1.54, 1.807) is 0 Å². The Morgan fingerprint density at radius 2 is 1.27 bits per heavy atom. The first-order valence-electron chi connectivity index (χ1n) is 9.69. The predicted octanol–water partition coefficient (Wildman–Crippen LogP) is 3.79. The van der Waals surface area contributed by atoms with Crippen LogP contribution in [0.1, 0.15) is 84.0 Å². The first-order valence-corrected chi connectivity index (χ1v) is 9.69. The van der Waals surface area contributed by atoms with E-state index < -0.39 is 37.0 Å². The molecule has 7 nitrogen and oxygen atoms in total. The van der Waals surface area contributed by atoms with Crippen molar-refractivity contribution in [3.05, 3.63) is 0 Å². The summed E-state index contributed by atoms with van der Waals surface area (Å²) in [5, 5.41) is 17.3. The van der Waals surface area contributed by atoms with Crippen LogP contribution in [0.3, 0.4) is 0 Å². The molecule has 0 spiro atoms. The summed E-state index contributed by atoms with van der Waals surface area (Å²) in [7, 11) is 0. The molecule has 0 aliphatic heterocycles. The SMILES string of the molecule is CCCCCCCCCCCCCOC(=O)C(CC(=O)O)OCC(=O)O. The van der Waals surface area contributed by atoms with Crippen LogP contribution < -0.4 is 0 Å². The Morgan fingerprint density at radius 1 is 0.769 bits per heavy atom. The lowest BCUT2D eigenvalue weighted by atomic mass is 10.1. The second-order valence-corrected chi connectivity index (χ2v) is 6.49. The van der Waals surface area contributed by atoms with Gasteiger partial charge in [-0.25, -0.2) is 9.59 Å². The number of unbranched alkanes of at least 4 members (excludes halogenated alkanes) is 10. The third kappa shape index (κ3) is 15.9. The number of carbonyl (C=O) groups is 3. The largest absolute Gasteiger partial charge is 0.481 e. The van der Waals surface area contributed by atoms with Gasteiger partial charge in [0.1, 0.15) is 6.61 Å². The standard InChI is InChI=1S/C19H34O7/c1-2-3-4-5-6-7-8-9-10-11-12-13-25-19(24)16(14-17(20)21)26-15-18(22)23/h16H,2-15H2,1H3,(H,20,21)(H,22,23). The fourth-order valence-corrected chi connectivity index (χ4v) is 2.57. The molecular weight excluding hydrogens is 340 g/mol. The normalized spacial score (nSPS) is 11.9. The van der Waals surface area contributed by atoms with E-state index in [0.717, 1.165) is 12.8 Å². The third-order valence-electron chi connectivity index (χ3n) is 4.02. The first-order chi connectivity index (χ1) is 12.5. The van der Waals surface area contributed by atoms with Crippen molar-refractivity contribution in [2.45, 2.75) is 90.1 Å². The Hall–Kier alpha value is -1.63. The fraction of sp³-hybridized carbons (Fsp3) is 0.842. The maximum absolute atomic E-state index is 11.8. The quantitative estimate of drug-likeness (QED) is 0.277. The van der Waals surface area contributed by atoms with E-state index in [4.69, 9.17) is 19.7 Å². The summed E-state index contributed by atoms with van der Waals surface area (Å²) >= 11 is 0. The molecule has 0 bridgehead atoms. The van der Waals surface area contributed by atoms with Crippen molar-refractivity contribution >= 4 is 17.9 Å². The van der Waals surface area contributed by atoms with Gasteiger partial charge in [-0.3, -0.25) is 4.79 Å². The van der Waals surface area contributed by atoms with E-state index in [1.807, 2.05) is 0 Å². The molecule has 0 radical (unpaired) electrons. The van der Waals surface area contributed by atoms with Gasteiger partial charge in [-0.05, 0) is 6.42 Å². The van der Waals surface area contributed by atoms with E-state index in [2.05, 4.69) is 6.92 Å². The van der Waals surface area contributed by atoms with Crippen LogP contribution in [0.25, 0.3) is 0 Å². The third-order valence-corrected chi connectivity index (χ3v) is 4.02. The van der Waals surface area contributed by atoms with Gasteiger partial charge in [-0.2, -0.15) is 0 Å². The summed E-state index contributed by atoms with van der Waals surface area (Å²) in [5.41, 5.74) is 0. The highest BCUT2D eigenvalue weighted by molar-refractivity contribution is 5.81. The number of ether oxygens (including phenoxy) is 2. The highest BCUT2D eigenvalue weighted by Gasteiger charge is 2.24. The van der Waals surface area contributed by atoms with E-state index in [9.17, 15) is 14.4 Å². The van der Waals surface area contributed by atoms with Crippen LogP contribution in [0.5, 0.6) is 0 Å². The number of rotatable bonds is 18. The van der Waals surface area contributed by atoms with Gasteiger partial charge in [-0.15, -0.1) is 0 Å². The van der Waals surface area contributed by atoms with Gasteiger partial charge in [0, 0.05) is 0 Å². The summed E-state index contributed by atoms with van der Waals surface area (Å²) in [4.78, 5) is 32.9. The molecule has 26 heavy (non-hydrogen) atoms. The van der Waals surface area contributed by atoms with Crippen LogP contribution in [0, 0.1) is 0 Å². The molecule has 1 unspecified atom stereocenters. The van der Waals surface area contributed by atoms with Gasteiger partial charge in [-0.1, -0.05) is 71.1 Å². The van der Waals surface area contributed by atoms with Crippen LogP contribution in [-0.4, -0.2) is 47.4 Å². The lowest BCUT2D eigenvalue weighted by molar-refractivity contribution is -0.166. The first kappa shape index (κ1) is 24.4. The number of aliphatic carboxylic acids is 2. The van der Waals surface area contributed by atoms with Gasteiger partial charge in [0.15, 0.2) is 6.10 Å². The number of carboxylic acids is 2. The zero-order chi connectivity index (χ0) is 19.6. The second kappa shape index (κ2) is 16.8. The van der Waals surface area contributed by atoms with Gasteiger partial charge in [0.25, 0.3) is 0 Å². The maximum Gasteiger partial charge on any atom is 0.335 e. The molecule has 0 amide bonds. The Labute approximate surface area is 156 Å². The topological polar surface area (TPSA) is 110 Å². The molecule has 0 aromatic carbocycles. The average molecular weight is 374 g/mol. The monoisotopic (exact) mass is 374 g/mol. The molecule has 152 valence electrons. The van der Waals surface area contributed by atoms with E-state index in [-0.39, 0.29) is 6.61 Å². The molecule has 0 aliphatic rings. The van der Waals surface area contributed by atoms with E-state index in [1.165, 1.54) is 51.4 Å². The lowest BCUT2D eigenvalue weighted by Gasteiger charge is -2.14. The highest BCUT2D eigenvalue weighted by Crippen LogP contribution is 2.11. The number of hydrogen-bond donors (Lipinski definition) is 2. The lowest BCUT2D eigenvalue weighted by Crippen LogP contribution is -2.31. The molecule has 0 rings (SSSR count). The van der Waals surface area contributed by atoms with Crippen LogP contribution >= 0.6 is 0 Å². The molecule has 0 aromatic rings. The van der Waals surface area contributed by atoms with Crippen LogP contribution in [0.15, 0.2) is 0 Å².